The second-order valence-corrected chi connectivity index (χ2v) is 9.77. The van der Waals surface area contributed by atoms with Crippen LogP contribution >= 0.6 is 34.7 Å². The van der Waals surface area contributed by atoms with Crippen LogP contribution in [0.1, 0.15) is 30.8 Å². The molecule has 0 aliphatic heterocycles. The van der Waals surface area contributed by atoms with E-state index in [9.17, 15) is 0 Å². The summed E-state index contributed by atoms with van der Waals surface area (Å²) < 4.78 is 0. The van der Waals surface area contributed by atoms with Gasteiger partial charge in [0.15, 0.2) is 5.13 Å². The quantitative estimate of drug-likeness (QED) is 0.542. The summed E-state index contributed by atoms with van der Waals surface area (Å²) in [6.45, 7) is 4.65. The minimum atomic E-state index is 0.360. The predicted octanol–water partition coefficient (Wildman–Crippen LogP) is 6.00. The summed E-state index contributed by atoms with van der Waals surface area (Å²) in [5.41, 5.74) is 1.59. The molecule has 0 spiro atoms. The van der Waals surface area contributed by atoms with Crippen LogP contribution < -0.4 is 5.32 Å². The zero-order valence-electron chi connectivity index (χ0n) is 14.6. The van der Waals surface area contributed by atoms with Gasteiger partial charge in [-0.25, -0.2) is 9.97 Å². The van der Waals surface area contributed by atoms with Gasteiger partial charge in [-0.15, -0.1) is 11.3 Å². The topological polar surface area (TPSA) is 50.7 Å². The van der Waals surface area contributed by atoms with E-state index >= 15 is 0 Å². The lowest BCUT2D eigenvalue weighted by atomic mass is 9.79. The van der Waals surface area contributed by atoms with E-state index in [0.29, 0.717) is 16.4 Å². The molecule has 0 radical (unpaired) electrons. The van der Waals surface area contributed by atoms with Crippen molar-refractivity contribution in [2.24, 2.45) is 5.41 Å². The first kappa shape index (κ1) is 17.8. The number of nitrogens with zero attached hydrogens (tertiary/aromatic N) is 3. The number of aryl methyl sites for hydroxylation is 1. The molecule has 1 aliphatic rings. The van der Waals surface area contributed by atoms with Crippen LogP contribution in [-0.4, -0.2) is 15.0 Å². The minimum Gasteiger partial charge on any atom is -0.316 e. The molecule has 0 aromatic carbocycles. The zero-order valence-corrected chi connectivity index (χ0v) is 17.0. The molecule has 0 atom stereocenters. The maximum Gasteiger partial charge on any atom is 0.188 e. The Bertz CT molecular complexity index is 925. The van der Waals surface area contributed by atoms with Crippen molar-refractivity contribution in [2.45, 2.75) is 42.9 Å². The first-order valence-corrected chi connectivity index (χ1v) is 10.5. The SMILES string of the molecule is CC1(C)CCc2nc(Nc3cc(Sc4cccnc4)cc(Cl)n3)sc2C1. The maximum atomic E-state index is 6.22. The van der Waals surface area contributed by atoms with Crippen molar-refractivity contribution < 1.29 is 0 Å². The number of fused-ring (bicyclic) bond motifs is 1. The van der Waals surface area contributed by atoms with Gasteiger partial charge < -0.3 is 5.32 Å². The summed E-state index contributed by atoms with van der Waals surface area (Å²) in [7, 11) is 0. The van der Waals surface area contributed by atoms with Crippen molar-refractivity contribution in [3.63, 3.8) is 0 Å². The average molecular weight is 403 g/mol. The Hall–Kier alpha value is -1.63. The average Bonchev–Trinajstić information content (AvgIpc) is 2.95. The fourth-order valence-corrected chi connectivity index (χ4v) is 5.42. The Morgan fingerprint density at radius 3 is 2.92 bits per heavy atom. The maximum absolute atomic E-state index is 6.22. The van der Waals surface area contributed by atoms with Crippen LogP contribution in [0.3, 0.4) is 0 Å². The monoisotopic (exact) mass is 402 g/mol. The van der Waals surface area contributed by atoms with Crippen LogP contribution in [-0.2, 0) is 12.8 Å². The summed E-state index contributed by atoms with van der Waals surface area (Å²) in [6, 6.07) is 7.80. The van der Waals surface area contributed by atoms with Crippen molar-refractivity contribution in [3.05, 3.63) is 52.4 Å². The lowest BCUT2D eigenvalue weighted by Gasteiger charge is -2.28. The van der Waals surface area contributed by atoms with Gasteiger partial charge in [-0.1, -0.05) is 37.2 Å². The van der Waals surface area contributed by atoms with Crippen LogP contribution in [0, 0.1) is 5.41 Å². The third-order valence-electron chi connectivity index (χ3n) is 4.33. The third-order valence-corrected chi connectivity index (χ3v) is 6.48. The second kappa shape index (κ2) is 7.18. The standard InChI is InChI=1S/C19H19ClN4S2/c1-19(2)6-5-14-15(10-19)26-18(22-14)24-17-9-13(8-16(20)23-17)25-12-4-3-7-21-11-12/h3-4,7-9,11H,5-6,10H2,1-2H3,(H,22,23,24). The van der Waals surface area contributed by atoms with E-state index in [1.54, 1.807) is 29.3 Å². The molecule has 26 heavy (non-hydrogen) atoms. The number of thiazole rings is 1. The van der Waals surface area contributed by atoms with Crippen molar-refractivity contribution in [1.82, 2.24) is 15.0 Å². The van der Waals surface area contributed by atoms with Crippen LogP contribution in [0.4, 0.5) is 10.9 Å². The molecule has 0 amide bonds. The van der Waals surface area contributed by atoms with Gasteiger partial charge in [0, 0.05) is 27.1 Å². The highest BCUT2D eigenvalue weighted by molar-refractivity contribution is 7.99. The Balaban J connectivity index is 1.54. The smallest absolute Gasteiger partial charge is 0.188 e. The third kappa shape index (κ3) is 4.19. The Morgan fingerprint density at radius 1 is 1.23 bits per heavy atom. The molecule has 0 saturated carbocycles. The largest absolute Gasteiger partial charge is 0.316 e. The van der Waals surface area contributed by atoms with E-state index in [0.717, 1.165) is 27.8 Å². The number of nitrogens with one attached hydrogen (secondary N) is 1. The molecule has 134 valence electrons. The van der Waals surface area contributed by atoms with Crippen LogP contribution in [0.5, 0.6) is 0 Å². The molecule has 1 aliphatic carbocycles. The highest BCUT2D eigenvalue weighted by Gasteiger charge is 2.28. The number of halogens is 1. The van der Waals surface area contributed by atoms with Gasteiger partial charge in [0.1, 0.15) is 11.0 Å². The van der Waals surface area contributed by atoms with Crippen LogP contribution in [0.15, 0.2) is 46.5 Å². The molecule has 0 fully saturated rings. The van der Waals surface area contributed by atoms with Gasteiger partial charge >= 0.3 is 0 Å². The van der Waals surface area contributed by atoms with Gasteiger partial charge in [0.05, 0.1) is 5.69 Å². The number of aromatic nitrogens is 3. The number of hydrogen-bond donors (Lipinski definition) is 1. The van der Waals surface area contributed by atoms with Crippen molar-refractivity contribution in [2.75, 3.05) is 5.32 Å². The first-order chi connectivity index (χ1) is 12.5. The summed E-state index contributed by atoms with van der Waals surface area (Å²) in [5.74, 6) is 0.717. The minimum absolute atomic E-state index is 0.360. The Morgan fingerprint density at radius 2 is 2.12 bits per heavy atom. The Kier molecular flexibility index (Phi) is 4.90. The van der Waals surface area contributed by atoms with Gasteiger partial charge in [-0.3, -0.25) is 4.98 Å². The molecule has 4 rings (SSSR count). The molecule has 3 heterocycles. The van der Waals surface area contributed by atoms with E-state index in [2.05, 4.69) is 29.1 Å². The van der Waals surface area contributed by atoms with Crippen molar-refractivity contribution in [1.29, 1.82) is 0 Å². The number of rotatable bonds is 4. The normalized spacial score (nSPS) is 15.5. The second-order valence-electron chi connectivity index (χ2n) is 7.16. The molecular formula is C19H19ClN4S2. The molecule has 1 N–H and O–H groups in total. The molecule has 4 nitrogen and oxygen atoms in total. The van der Waals surface area contributed by atoms with Gasteiger partial charge in [0.2, 0.25) is 0 Å². The number of pyridine rings is 2. The van der Waals surface area contributed by atoms with Crippen LogP contribution in [0.2, 0.25) is 5.15 Å². The van der Waals surface area contributed by atoms with Gasteiger partial charge in [0.25, 0.3) is 0 Å². The fraction of sp³-hybridized carbons (Fsp3) is 0.316. The van der Waals surface area contributed by atoms with E-state index in [1.165, 1.54) is 17.0 Å². The molecule has 3 aromatic rings. The molecule has 7 heteroatoms. The fourth-order valence-electron chi connectivity index (χ4n) is 3.00. The molecule has 0 saturated heterocycles. The van der Waals surface area contributed by atoms with Gasteiger partial charge in [-0.2, -0.15) is 0 Å². The van der Waals surface area contributed by atoms with E-state index in [-0.39, 0.29) is 0 Å². The first-order valence-electron chi connectivity index (χ1n) is 8.48. The molecule has 0 bridgehead atoms. The predicted molar refractivity (Wildman–Crippen MR) is 109 cm³/mol. The molecular weight excluding hydrogens is 384 g/mol. The van der Waals surface area contributed by atoms with Crippen LogP contribution in [0.25, 0.3) is 0 Å². The van der Waals surface area contributed by atoms with E-state index in [4.69, 9.17) is 16.6 Å². The van der Waals surface area contributed by atoms with Gasteiger partial charge in [-0.05, 0) is 48.9 Å². The summed E-state index contributed by atoms with van der Waals surface area (Å²) in [4.78, 5) is 16.8. The summed E-state index contributed by atoms with van der Waals surface area (Å²) in [5, 5.41) is 4.69. The Labute approximate surface area is 166 Å². The number of hydrogen-bond acceptors (Lipinski definition) is 6. The zero-order chi connectivity index (χ0) is 18.1. The van der Waals surface area contributed by atoms with E-state index < -0.39 is 0 Å². The number of anilines is 2. The highest BCUT2D eigenvalue weighted by atomic mass is 35.5. The summed E-state index contributed by atoms with van der Waals surface area (Å²) in [6.07, 6.45) is 6.92. The lowest BCUT2D eigenvalue weighted by Crippen LogP contribution is -2.20. The molecule has 3 aromatic heterocycles. The van der Waals surface area contributed by atoms with Crippen molar-refractivity contribution >= 4 is 45.6 Å². The summed E-state index contributed by atoms with van der Waals surface area (Å²) >= 11 is 9.56. The van der Waals surface area contributed by atoms with E-state index in [1.807, 2.05) is 30.5 Å². The van der Waals surface area contributed by atoms with Crippen molar-refractivity contribution in [3.8, 4) is 0 Å². The molecule has 0 unspecified atom stereocenters. The highest BCUT2D eigenvalue weighted by Crippen LogP contribution is 2.39. The lowest BCUT2D eigenvalue weighted by molar-refractivity contribution is 0.316.